The molecule has 0 bridgehead atoms. The van der Waals surface area contributed by atoms with Crippen molar-refractivity contribution < 1.29 is 9.90 Å². The highest BCUT2D eigenvalue weighted by Gasteiger charge is 2.29. The summed E-state index contributed by atoms with van der Waals surface area (Å²) in [6.07, 6.45) is 3.66. The van der Waals surface area contributed by atoms with Crippen LogP contribution in [0.4, 0.5) is 0 Å². The van der Waals surface area contributed by atoms with Gasteiger partial charge in [0.2, 0.25) is 0 Å². The second-order valence-corrected chi connectivity index (χ2v) is 3.18. The Hall–Kier alpha value is -0.610. The average molecular weight is 171 g/mol. The first-order valence-corrected chi connectivity index (χ1v) is 4.11. The van der Waals surface area contributed by atoms with Gasteiger partial charge in [-0.15, -0.1) is 0 Å². The van der Waals surface area contributed by atoms with E-state index in [2.05, 4.69) is 0 Å². The van der Waals surface area contributed by atoms with Crippen molar-refractivity contribution in [3.05, 3.63) is 6.42 Å². The Morgan fingerprint density at radius 2 is 2.33 bits per heavy atom. The Labute approximate surface area is 72.7 Å². The quantitative estimate of drug-likeness (QED) is 0.645. The molecule has 1 aliphatic rings. The number of piperidine rings is 1. The molecule has 0 amide bonds. The molecule has 1 saturated heterocycles. The summed E-state index contributed by atoms with van der Waals surface area (Å²) < 4.78 is 0. The highest BCUT2D eigenvalue weighted by atomic mass is 16.4. The standard InChI is InChI=1S/C8H15N2O2/c1-9(2)10-6-4-3-5-7(10)8(11)12/h3,7H,4-6H2,1-2H3,(H,11,12). The van der Waals surface area contributed by atoms with Crippen LogP contribution in [0.15, 0.2) is 0 Å². The fourth-order valence-electron chi connectivity index (χ4n) is 1.48. The van der Waals surface area contributed by atoms with E-state index in [0.717, 1.165) is 13.0 Å². The maximum atomic E-state index is 10.8. The number of aliphatic carboxylic acids is 1. The summed E-state index contributed by atoms with van der Waals surface area (Å²) in [5.41, 5.74) is 0. The number of carbonyl (C=O) groups is 1. The van der Waals surface area contributed by atoms with Gasteiger partial charge in [-0.3, -0.25) is 4.79 Å². The highest BCUT2D eigenvalue weighted by Crippen LogP contribution is 2.16. The molecule has 1 aliphatic heterocycles. The number of nitrogens with zero attached hydrogens (tertiary/aromatic N) is 2. The summed E-state index contributed by atoms with van der Waals surface area (Å²) in [6.45, 7) is 0.809. The molecule has 4 nitrogen and oxygen atoms in total. The molecular weight excluding hydrogens is 156 g/mol. The van der Waals surface area contributed by atoms with Gasteiger partial charge in [0.25, 0.3) is 0 Å². The minimum atomic E-state index is -0.736. The smallest absolute Gasteiger partial charge is 0.322 e. The van der Waals surface area contributed by atoms with E-state index in [1.807, 2.05) is 30.5 Å². The third-order valence-corrected chi connectivity index (χ3v) is 2.11. The molecule has 1 heterocycles. The Balaban J connectivity index is 2.60. The lowest BCUT2D eigenvalue weighted by Gasteiger charge is -2.37. The molecule has 0 aromatic carbocycles. The highest BCUT2D eigenvalue weighted by molar-refractivity contribution is 5.73. The molecule has 69 valence electrons. The first-order valence-electron chi connectivity index (χ1n) is 4.11. The molecule has 12 heavy (non-hydrogen) atoms. The fourth-order valence-corrected chi connectivity index (χ4v) is 1.48. The normalized spacial score (nSPS) is 26.1. The minimum absolute atomic E-state index is 0.367. The molecule has 1 N–H and O–H groups in total. The molecule has 0 aliphatic carbocycles. The molecule has 0 spiro atoms. The number of hydrogen-bond acceptors (Lipinski definition) is 3. The van der Waals surface area contributed by atoms with Crippen molar-refractivity contribution in [2.24, 2.45) is 0 Å². The third kappa shape index (κ3) is 1.95. The number of carboxylic acids is 1. The second kappa shape index (κ2) is 3.87. The molecule has 1 radical (unpaired) electrons. The van der Waals surface area contributed by atoms with Gasteiger partial charge in [-0.2, -0.15) is 0 Å². The van der Waals surface area contributed by atoms with Crippen LogP contribution in [0.25, 0.3) is 0 Å². The molecule has 1 unspecified atom stereocenters. The van der Waals surface area contributed by atoms with Crippen molar-refractivity contribution >= 4 is 5.97 Å². The van der Waals surface area contributed by atoms with E-state index in [1.165, 1.54) is 0 Å². The summed E-state index contributed by atoms with van der Waals surface area (Å²) >= 11 is 0. The van der Waals surface area contributed by atoms with Gasteiger partial charge in [-0.05, 0) is 19.3 Å². The van der Waals surface area contributed by atoms with Gasteiger partial charge >= 0.3 is 5.97 Å². The summed E-state index contributed by atoms with van der Waals surface area (Å²) in [5, 5.41) is 12.6. The summed E-state index contributed by atoms with van der Waals surface area (Å²) in [6, 6.07) is -0.367. The van der Waals surface area contributed by atoms with Gasteiger partial charge < -0.3 is 5.11 Å². The average Bonchev–Trinajstić information content (AvgIpc) is 2.04. The van der Waals surface area contributed by atoms with Crippen molar-refractivity contribution in [2.75, 3.05) is 20.6 Å². The third-order valence-electron chi connectivity index (χ3n) is 2.11. The van der Waals surface area contributed by atoms with Crippen molar-refractivity contribution in [3.63, 3.8) is 0 Å². The predicted octanol–water partition coefficient (Wildman–Crippen LogP) is 0.216. The maximum absolute atomic E-state index is 10.8. The predicted molar refractivity (Wildman–Crippen MR) is 45.4 cm³/mol. The van der Waals surface area contributed by atoms with Crippen LogP contribution in [-0.4, -0.2) is 47.8 Å². The van der Waals surface area contributed by atoms with Crippen LogP contribution in [0.5, 0.6) is 0 Å². The summed E-state index contributed by atoms with van der Waals surface area (Å²) in [4.78, 5) is 10.8. The van der Waals surface area contributed by atoms with Crippen LogP contribution in [0, 0.1) is 6.42 Å². The first-order chi connectivity index (χ1) is 5.63. The van der Waals surface area contributed by atoms with E-state index in [4.69, 9.17) is 5.11 Å². The van der Waals surface area contributed by atoms with E-state index in [9.17, 15) is 4.79 Å². The van der Waals surface area contributed by atoms with Gasteiger partial charge in [0.05, 0.1) is 0 Å². The topological polar surface area (TPSA) is 43.8 Å². The second-order valence-electron chi connectivity index (χ2n) is 3.18. The number of hydrogen-bond donors (Lipinski definition) is 1. The zero-order chi connectivity index (χ0) is 9.14. The van der Waals surface area contributed by atoms with E-state index >= 15 is 0 Å². The minimum Gasteiger partial charge on any atom is -0.480 e. The summed E-state index contributed by atoms with van der Waals surface area (Å²) in [5.74, 6) is -0.736. The molecule has 0 saturated carbocycles. The molecule has 0 aromatic heterocycles. The van der Waals surface area contributed by atoms with Crippen molar-refractivity contribution in [1.82, 2.24) is 10.0 Å². The van der Waals surface area contributed by atoms with Crippen LogP contribution < -0.4 is 0 Å². The Bertz CT molecular complexity index is 170. The zero-order valence-electron chi connectivity index (χ0n) is 7.53. The molecule has 4 heteroatoms. The Kier molecular flexibility index (Phi) is 3.05. The Morgan fingerprint density at radius 1 is 1.67 bits per heavy atom. The van der Waals surface area contributed by atoms with Gasteiger partial charge in [-0.1, -0.05) is 0 Å². The van der Waals surface area contributed by atoms with Gasteiger partial charge in [0.15, 0.2) is 0 Å². The fraction of sp³-hybridized carbons (Fsp3) is 0.750. The molecular formula is C8H15N2O2. The summed E-state index contributed by atoms with van der Waals surface area (Å²) in [7, 11) is 3.75. The molecule has 1 atom stereocenters. The van der Waals surface area contributed by atoms with Crippen molar-refractivity contribution in [2.45, 2.75) is 18.9 Å². The van der Waals surface area contributed by atoms with E-state index in [-0.39, 0.29) is 6.04 Å². The van der Waals surface area contributed by atoms with E-state index < -0.39 is 5.97 Å². The lowest BCUT2D eigenvalue weighted by atomic mass is 10.0. The number of hydrazine groups is 1. The maximum Gasteiger partial charge on any atom is 0.322 e. The largest absolute Gasteiger partial charge is 0.480 e. The van der Waals surface area contributed by atoms with Crippen molar-refractivity contribution in [1.29, 1.82) is 0 Å². The van der Waals surface area contributed by atoms with Crippen LogP contribution in [0.1, 0.15) is 12.8 Å². The number of rotatable bonds is 2. The van der Waals surface area contributed by atoms with Crippen LogP contribution in [-0.2, 0) is 4.79 Å². The molecule has 1 rings (SSSR count). The molecule has 0 aromatic rings. The van der Waals surface area contributed by atoms with Gasteiger partial charge in [-0.25, -0.2) is 10.0 Å². The lowest BCUT2D eigenvalue weighted by molar-refractivity contribution is -0.152. The SMILES string of the molecule is CN(C)N1CC[CH]CC1C(=O)O. The Morgan fingerprint density at radius 3 is 2.75 bits per heavy atom. The van der Waals surface area contributed by atoms with Gasteiger partial charge in [0.1, 0.15) is 6.04 Å². The first kappa shape index (κ1) is 9.48. The lowest BCUT2D eigenvalue weighted by Crippen LogP contribution is -2.51. The van der Waals surface area contributed by atoms with Crippen LogP contribution in [0.2, 0.25) is 0 Å². The molecule has 1 fully saturated rings. The van der Waals surface area contributed by atoms with Crippen LogP contribution in [0.3, 0.4) is 0 Å². The van der Waals surface area contributed by atoms with Crippen molar-refractivity contribution in [3.8, 4) is 0 Å². The van der Waals surface area contributed by atoms with E-state index in [1.54, 1.807) is 0 Å². The number of carboxylic acid groups (broad SMARTS) is 1. The van der Waals surface area contributed by atoms with Crippen LogP contribution >= 0.6 is 0 Å². The zero-order valence-corrected chi connectivity index (χ0v) is 7.53. The van der Waals surface area contributed by atoms with Gasteiger partial charge in [0, 0.05) is 20.6 Å². The van der Waals surface area contributed by atoms with E-state index in [0.29, 0.717) is 6.42 Å². The monoisotopic (exact) mass is 171 g/mol.